The van der Waals surface area contributed by atoms with E-state index >= 15 is 0 Å². The van der Waals surface area contributed by atoms with Crippen molar-refractivity contribution in [3.63, 3.8) is 0 Å². The molecule has 0 radical (unpaired) electrons. The Morgan fingerprint density at radius 3 is 2.69 bits per heavy atom. The monoisotopic (exact) mass is 198 g/mol. The minimum atomic E-state index is 0.705. The van der Waals surface area contributed by atoms with Gasteiger partial charge in [-0.1, -0.05) is 31.0 Å². The maximum Gasteiger partial charge on any atom is 0.137 e. The summed E-state index contributed by atoms with van der Waals surface area (Å²) in [5.74, 6) is 0.752. The molecule has 0 aliphatic carbocycles. The molecule has 0 aliphatic heterocycles. The highest BCUT2D eigenvalue weighted by Gasteiger charge is 2.00. The van der Waals surface area contributed by atoms with Crippen molar-refractivity contribution >= 4 is 11.6 Å². The van der Waals surface area contributed by atoms with Crippen molar-refractivity contribution in [1.29, 1.82) is 0 Å². The molecule has 0 aliphatic rings. The first-order valence-corrected chi connectivity index (χ1v) is 4.98. The Morgan fingerprint density at radius 2 is 2.15 bits per heavy atom. The Hall–Kier alpha value is -0.690. The minimum absolute atomic E-state index is 0.705. The number of halogens is 1. The van der Waals surface area contributed by atoms with Crippen LogP contribution in [-0.2, 0) is 6.42 Å². The summed E-state index contributed by atoms with van der Waals surface area (Å²) in [4.78, 5) is 0. The number of hydrogen-bond acceptors (Lipinski definition) is 1. The lowest BCUT2D eigenvalue weighted by Crippen LogP contribution is -1.88. The molecule has 1 aromatic carbocycles. The molecule has 1 aromatic rings. The number of hydrogen-bond donors (Lipinski definition) is 0. The molecule has 72 valence electrons. The van der Waals surface area contributed by atoms with Crippen molar-refractivity contribution in [3.8, 4) is 5.75 Å². The topological polar surface area (TPSA) is 9.23 Å². The summed E-state index contributed by atoms with van der Waals surface area (Å²) in [7, 11) is 1.63. The number of unbranched alkanes of at least 4 members (excludes halogenated alkanes) is 1. The summed E-state index contributed by atoms with van der Waals surface area (Å²) < 4.78 is 5.07. The number of ether oxygens (including phenoxy) is 1. The quantitative estimate of drug-likeness (QED) is 0.717. The van der Waals surface area contributed by atoms with Crippen LogP contribution in [0.15, 0.2) is 18.2 Å². The molecule has 0 atom stereocenters. The largest absolute Gasteiger partial charge is 0.495 e. The maximum atomic E-state index is 5.98. The zero-order valence-electron chi connectivity index (χ0n) is 8.14. The second-order valence-electron chi connectivity index (χ2n) is 3.07. The second kappa shape index (κ2) is 5.13. The van der Waals surface area contributed by atoms with E-state index in [1.54, 1.807) is 7.11 Å². The highest BCUT2D eigenvalue weighted by molar-refractivity contribution is 6.32. The van der Waals surface area contributed by atoms with Gasteiger partial charge in [0.05, 0.1) is 12.1 Å². The van der Waals surface area contributed by atoms with Crippen LogP contribution in [-0.4, -0.2) is 7.11 Å². The number of rotatable bonds is 4. The van der Waals surface area contributed by atoms with Crippen LogP contribution in [0, 0.1) is 0 Å². The van der Waals surface area contributed by atoms with Gasteiger partial charge in [-0.3, -0.25) is 0 Å². The van der Waals surface area contributed by atoms with Crippen LogP contribution < -0.4 is 4.74 Å². The van der Waals surface area contributed by atoms with Crippen LogP contribution >= 0.6 is 11.6 Å². The predicted octanol–water partition coefficient (Wildman–Crippen LogP) is 3.69. The van der Waals surface area contributed by atoms with Gasteiger partial charge < -0.3 is 4.74 Å². The molecule has 0 spiro atoms. The summed E-state index contributed by atoms with van der Waals surface area (Å²) in [6, 6.07) is 5.98. The molecule has 0 saturated carbocycles. The SMILES string of the molecule is CCCCc1ccc(OC)c(Cl)c1. The molecule has 0 saturated heterocycles. The number of methoxy groups -OCH3 is 1. The van der Waals surface area contributed by atoms with Crippen molar-refractivity contribution in [1.82, 2.24) is 0 Å². The lowest BCUT2D eigenvalue weighted by atomic mass is 10.1. The van der Waals surface area contributed by atoms with E-state index in [0.29, 0.717) is 5.02 Å². The zero-order valence-corrected chi connectivity index (χ0v) is 8.90. The first-order valence-electron chi connectivity index (χ1n) is 4.60. The van der Waals surface area contributed by atoms with Gasteiger partial charge in [0.15, 0.2) is 0 Å². The van der Waals surface area contributed by atoms with E-state index in [4.69, 9.17) is 16.3 Å². The van der Waals surface area contributed by atoms with Crippen molar-refractivity contribution < 1.29 is 4.74 Å². The van der Waals surface area contributed by atoms with Gasteiger partial charge in [0, 0.05) is 0 Å². The number of aryl methyl sites for hydroxylation is 1. The van der Waals surface area contributed by atoms with E-state index < -0.39 is 0 Å². The third kappa shape index (κ3) is 2.92. The molecular formula is C11H15ClO. The van der Waals surface area contributed by atoms with Crippen molar-refractivity contribution in [2.24, 2.45) is 0 Å². The molecule has 1 rings (SSSR count). The summed E-state index contributed by atoms with van der Waals surface area (Å²) in [6.45, 7) is 2.19. The molecule has 0 amide bonds. The van der Waals surface area contributed by atoms with Crippen LogP contribution in [0.2, 0.25) is 5.02 Å². The average Bonchev–Trinajstić information content (AvgIpc) is 2.15. The molecule has 0 bridgehead atoms. The maximum absolute atomic E-state index is 5.98. The Balaban J connectivity index is 2.71. The van der Waals surface area contributed by atoms with Crippen LogP contribution in [0.4, 0.5) is 0 Å². The molecule has 1 nitrogen and oxygen atoms in total. The molecular weight excluding hydrogens is 184 g/mol. The first-order chi connectivity index (χ1) is 6.27. The van der Waals surface area contributed by atoms with E-state index in [-0.39, 0.29) is 0 Å². The smallest absolute Gasteiger partial charge is 0.137 e. The van der Waals surface area contributed by atoms with Crippen molar-refractivity contribution in [3.05, 3.63) is 28.8 Å². The van der Waals surface area contributed by atoms with Crippen LogP contribution in [0.5, 0.6) is 5.75 Å². The van der Waals surface area contributed by atoms with E-state index in [0.717, 1.165) is 12.2 Å². The fourth-order valence-electron chi connectivity index (χ4n) is 1.25. The molecule has 0 aromatic heterocycles. The lowest BCUT2D eigenvalue weighted by Gasteiger charge is -2.05. The molecule has 0 N–H and O–H groups in total. The third-order valence-corrected chi connectivity index (χ3v) is 2.33. The first kappa shape index (κ1) is 10.4. The fraction of sp³-hybridized carbons (Fsp3) is 0.455. The van der Waals surface area contributed by atoms with Crippen LogP contribution in [0.25, 0.3) is 0 Å². The highest BCUT2D eigenvalue weighted by atomic mass is 35.5. The third-order valence-electron chi connectivity index (χ3n) is 2.04. The van der Waals surface area contributed by atoms with Gasteiger partial charge in [-0.25, -0.2) is 0 Å². The summed E-state index contributed by atoms with van der Waals surface area (Å²) in [6.07, 6.45) is 3.52. The van der Waals surface area contributed by atoms with Gasteiger partial charge in [0.25, 0.3) is 0 Å². The molecule has 0 heterocycles. The normalized spacial score (nSPS) is 10.1. The lowest BCUT2D eigenvalue weighted by molar-refractivity contribution is 0.415. The zero-order chi connectivity index (χ0) is 9.68. The van der Waals surface area contributed by atoms with Gasteiger partial charge in [0.1, 0.15) is 5.75 Å². The minimum Gasteiger partial charge on any atom is -0.495 e. The molecule has 2 heteroatoms. The van der Waals surface area contributed by atoms with Crippen LogP contribution in [0.1, 0.15) is 25.3 Å². The van der Waals surface area contributed by atoms with Gasteiger partial charge in [-0.05, 0) is 30.5 Å². The van der Waals surface area contributed by atoms with E-state index in [1.807, 2.05) is 12.1 Å². The summed E-state index contributed by atoms with van der Waals surface area (Å²) >= 11 is 5.98. The molecule has 0 fully saturated rings. The van der Waals surface area contributed by atoms with Gasteiger partial charge in [-0.15, -0.1) is 0 Å². The average molecular weight is 199 g/mol. The summed E-state index contributed by atoms with van der Waals surface area (Å²) in [5.41, 5.74) is 1.28. The Morgan fingerprint density at radius 1 is 1.38 bits per heavy atom. The van der Waals surface area contributed by atoms with Gasteiger partial charge >= 0.3 is 0 Å². The highest BCUT2D eigenvalue weighted by Crippen LogP contribution is 2.25. The van der Waals surface area contributed by atoms with E-state index in [9.17, 15) is 0 Å². The Bertz CT molecular complexity index is 271. The Kier molecular flexibility index (Phi) is 4.10. The van der Waals surface area contributed by atoms with E-state index in [1.165, 1.54) is 18.4 Å². The van der Waals surface area contributed by atoms with Gasteiger partial charge in [0.2, 0.25) is 0 Å². The van der Waals surface area contributed by atoms with Gasteiger partial charge in [-0.2, -0.15) is 0 Å². The van der Waals surface area contributed by atoms with Crippen LogP contribution in [0.3, 0.4) is 0 Å². The Labute approximate surface area is 84.7 Å². The summed E-state index contributed by atoms with van der Waals surface area (Å²) in [5, 5.41) is 0.705. The molecule has 0 unspecified atom stereocenters. The standard InChI is InChI=1S/C11H15ClO/c1-3-4-5-9-6-7-11(13-2)10(12)8-9/h6-8H,3-5H2,1-2H3. The van der Waals surface area contributed by atoms with Crippen molar-refractivity contribution in [2.45, 2.75) is 26.2 Å². The molecule has 13 heavy (non-hydrogen) atoms. The fourth-order valence-corrected chi connectivity index (χ4v) is 1.53. The predicted molar refractivity (Wildman–Crippen MR) is 56.6 cm³/mol. The number of benzene rings is 1. The van der Waals surface area contributed by atoms with E-state index in [2.05, 4.69) is 13.0 Å². The second-order valence-corrected chi connectivity index (χ2v) is 3.48. The van der Waals surface area contributed by atoms with Crippen molar-refractivity contribution in [2.75, 3.05) is 7.11 Å².